The minimum Gasteiger partial charge on any atom is -0.478 e. The molecule has 2 bridgehead atoms. The van der Waals surface area contributed by atoms with Crippen LogP contribution in [0, 0.1) is 39.9 Å². The van der Waals surface area contributed by atoms with Crippen LogP contribution >= 0.6 is 0 Å². The Labute approximate surface area is 218 Å². The van der Waals surface area contributed by atoms with Gasteiger partial charge in [0.1, 0.15) is 5.78 Å². The Bertz CT molecular complexity index is 1130. The van der Waals surface area contributed by atoms with Crippen LogP contribution in [0.3, 0.4) is 0 Å². The number of aliphatic hydroxyl groups excluding tert-OH is 1. The van der Waals surface area contributed by atoms with Gasteiger partial charge in [-0.05, 0) is 59.4 Å². The number of hydrogen-bond acceptors (Lipinski definition) is 7. The summed E-state index contributed by atoms with van der Waals surface area (Å²) in [6.45, 7) is 12.5. The molecule has 3 N–H and O–H groups in total. The Balaban J connectivity index is 1.65. The van der Waals surface area contributed by atoms with E-state index in [2.05, 4.69) is 32.3 Å². The molecule has 37 heavy (non-hydrogen) atoms. The molecule has 1 aromatic rings. The first-order chi connectivity index (χ1) is 17.4. The number of fused-ring (bicyclic) bond motifs is 1. The van der Waals surface area contributed by atoms with E-state index in [1.807, 2.05) is 6.92 Å². The van der Waals surface area contributed by atoms with Crippen LogP contribution in [0.5, 0.6) is 5.88 Å². The van der Waals surface area contributed by atoms with Gasteiger partial charge in [0.05, 0.1) is 12.7 Å². The molecule has 3 saturated carbocycles. The van der Waals surface area contributed by atoms with Crippen LogP contribution in [0.1, 0.15) is 65.4 Å². The van der Waals surface area contributed by atoms with Crippen molar-refractivity contribution in [3.8, 4) is 5.88 Å². The highest BCUT2D eigenvalue weighted by Gasteiger charge is 2.69. The van der Waals surface area contributed by atoms with Crippen LogP contribution in [0.2, 0.25) is 0 Å². The van der Waals surface area contributed by atoms with E-state index in [0.29, 0.717) is 24.7 Å². The van der Waals surface area contributed by atoms with Crippen molar-refractivity contribution in [1.29, 1.82) is 0 Å². The van der Waals surface area contributed by atoms with Crippen LogP contribution in [-0.2, 0) is 20.9 Å². The Morgan fingerprint density at radius 3 is 2.76 bits per heavy atom. The fourth-order valence-electron chi connectivity index (χ4n) is 8.50. The second-order valence-electron chi connectivity index (χ2n) is 12.5. The van der Waals surface area contributed by atoms with Gasteiger partial charge in [0.15, 0.2) is 0 Å². The summed E-state index contributed by atoms with van der Waals surface area (Å²) >= 11 is 0. The molecule has 0 aromatic carbocycles. The number of Topliss-reactive ketones (excluding diaryl/α,β-unsaturated/α-hetero) is 1. The lowest BCUT2D eigenvalue weighted by atomic mass is 9.41. The first kappa shape index (κ1) is 26.4. The summed E-state index contributed by atoms with van der Waals surface area (Å²) < 4.78 is 11.4. The van der Waals surface area contributed by atoms with Crippen molar-refractivity contribution in [3.63, 3.8) is 0 Å². The van der Waals surface area contributed by atoms with Crippen LogP contribution < -0.4 is 10.2 Å². The lowest BCUT2D eigenvalue weighted by molar-refractivity contribution is -0.193. The lowest BCUT2D eigenvalue weighted by Crippen LogP contribution is -2.63. The molecule has 0 amide bonds. The average Bonchev–Trinajstić information content (AvgIpc) is 3.42. The molecule has 1 unspecified atom stereocenters. The predicted octanol–water partition coefficient (Wildman–Crippen LogP) is 2.74. The Morgan fingerprint density at radius 1 is 1.35 bits per heavy atom. The predicted molar refractivity (Wildman–Crippen MR) is 137 cm³/mol. The van der Waals surface area contributed by atoms with E-state index in [0.717, 1.165) is 18.4 Å². The second kappa shape index (κ2) is 8.92. The molecule has 9 atom stereocenters. The normalized spacial score (nSPS) is 41.8. The van der Waals surface area contributed by atoms with Crippen molar-refractivity contribution in [1.82, 2.24) is 4.98 Å². The van der Waals surface area contributed by atoms with Crippen molar-refractivity contribution in [2.24, 2.45) is 39.9 Å². The first-order valence-electron chi connectivity index (χ1n) is 13.4. The molecule has 0 radical (unpaired) electrons. The highest BCUT2D eigenvalue weighted by molar-refractivity contribution is 6.61. The molecule has 8 nitrogen and oxygen atoms in total. The maximum atomic E-state index is 13.6. The second-order valence-corrected chi connectivity index (χ2v) is 12.5. The van der Waals surface area contributed by atoms with Crippen LogP contribution in [0.25, 0.3) is 0 Å². The Morgan fingerprint density at radius 2 is 2.08 bits per heavy atom. The zero-order chi connectivity index (χ0) is 26.9. The number of ketones is 1. The fourth-order valence-corrected chi connectivity index (χ4v) is 8.50. The number of pyridine rings is 1. The zero-order valence-electron chi connectivity index (χ0n) is 22.1. The summed E-state index contributed by atoms with van der Waals surface area (Å²) in [6, 6.07) is 1.53. The highest BCUT2D eigenvalue weighted by atomic mass is 16.5. The van der Waals surface area contributed by atoms with Crippen LogP contribution in [0.15, 0.2) is 24.9 Å². The molecule has 0 saturated heterocycles. The molecule has 200 valence electrons. The van der Waals surface area contributed by atoms with Gasteiger partial charge in [-0.25, -0.2) is 9.78 Å². The van der Waals surface area contributed by atoms with Crippen molar-refractivity contribution < 1.29 is 34.2 Å². The zero-order valence-corrected chi connectivity index (χ0v) is 22.1. The number of carbonyl (C=O) groups excluding carboxylic acids is 1. The van der Waals surface area contributed by atoms with E-state index in [9.17, 15) is 24.8 Å². The van der Waals surface area contributed by atoms with Gasteiger partial charge in [0.2, 0.25) is 12.0 Å². The molecule has 1 aliphatic heterocycles. The standard InChI is InChI=1S/C28H38BNO7/c1-6-26(4)12-18(22(25(33)34)37-21-11-19-17(13-30-21)14-36-29(19)35)27(5)15(2)7-9-28(16(3)24(26)32)10-8-20(31)23(27)28/h6,11,13,15-16,18,22-24,32,35H,1,7-10,12,14H2,2-5H3,(H,33,34)/t15-,16+,18+,22?,23+,24+,26-,27-,28+/m1/s1. The smallest absolute Gasteiger partial charge is 0.478 e. The summed E-state index contributed by atoms with van der Waals surface area (Å²) in [5, 5.41) is 32.4. The number of aliphatic carboxylic acids is 1. The molecule has 9 heteroatoms. The Hall–Kier alpha value is -2.23. The van der Waals surface area contributed by atoms with Crippen molar-refractivity contribution >= 4 is 24.3 Å². The van der Waals surface area contributed by atoms with Gasteiger partial charge in [-0.15, -0.1) is 6.58 Å². The largest absolute Gasteiger partial charge is 0.492 e. The Kier molecular flexibility index (Phi) is 6.36. The minimum atomic E-state index is -1.32. The van der Waals surface area contributed by atoms with E-state index >= 15 is 0 Å². The third-order valence-corrected chi connectivity index (χ3v) is 11.0. The topological polar surface area (TPSA) is 126 Å². The van der Waals surface area contributed by atoms with E-state index < -0.39 is 47.5 Å². The third-order valence-electron chi connectivity index (χ3n) is 11.0. The summed E-state index contributed by atoms with van der Waals surface area (Å²) in [4.78, 5) is 30.9. The summed E-state index contributed by atoms with van der Waals surface area (Å²) in [6.07, 6.45) is 4.33. The number of rotatable bonds is 5. The van der Waals surface area contributed by atoms with E-state index in [1.54, 1.807) is 6.08 Å². The SMILES string of the molecule is C=C[C@]1(C)C[C@@H](C(Oc2cc3c(cn2)COB3O)C(=O)O)[C@@]2(C)[C@H](C)CC[C@]3(CCC(=O)[C@H]32)[C@@H](C)[C@@H]1O. The van der Waals surface area contributed by atoms with Gasteiger partial charge >= 0.3 is 13.1 Å². The van der Waals surface area contributed by atoms with Crippen molar-refractivity contribution in [2.45, 2.75) is 78.6 Å². The number of aliphatic hydroxyl groups is 1. The molecule has 1 aromatic heterocycles. The number of carboxylic acids is 1. The minimum absolute atomic E-state index is 0.0721. The first-order valence-corrected chi connectivity index (χ1v) is 13.4. The van der Waals surface area contributed by atoms with E-state index in [4.69, 9.17) is 9.39 Å². The molecular weight excluding hydrogens is 473 g/mol. The van der Waals surface area contributed by atoms with Crippen molar-refractivity contribution in [2.75, 3.05) is 0 Å². The summed E-state index contributed by atoms with van der Waals surface area (Å²) in [5.74, 6) is -1.92. The molecule has 3 aliphatic carbocycles. The maximum absolute atomic E-state index is 13.6. The van der Waals surface area contributed by atoms with E-state index in [-0.39, 0.29) is 36.0 Å². The molecular formula is C28H38BNO7. The quantitative estimate of drug-likeness (QED) is 0.407. The van der Waals surface area contributed by atoms with Gasteiger partial charge < -0.3 is 24.6 Å². The third kappa shape index (κ3) is 3.72. The molecule has 3 fully saturated rings. The van der Waals surface area contributed by atoms with Gasteiger partial charge in [-0.3, -0.25) is 4.79 Å². The number of carboxylic acid groups (broad SMARTS) is 1. The number of aromatic nitrogens is 1. The van der Waals surface area contributed by atoms with E-state index in [1.165, 1.54) is 12.3 Å². The number of ether oxygens (including phenoxy) is 1. The summed E-state index contributed by atoms with van der Waals surface area (Å²) in [5.41, 5.74) is -0.611. The van der Waals surface area contributed by atoms with Crippen molar-refractivity contribution in [3.05, 3.63) is 30.5 Å². The summed E-state index contributed by atoms with van der Waals surface area (Å²) in [7, 11) is -1.11. The fraction of sp³-hybridized carbons (Fsp3) is 0.679. The van der Waals surface area contributed by atoms with Gasteiger partial charge in [-0.1, -0.05) is 33.8 Å². The average molecular weight is 511 g/mol. The monoisotopic (exact) mass is 511 g/mol. The molecule has 5 rings (SSSR count). The van der Waals surface area contributed by atoms with Gasteiger partial charge in [-0.2, -0.15) is 0 Å². The van der Waals surface area contributed by atoms with Gasteiger partial charge in [0.25, 0.3) is 0 Å². The maximum Gasteiger partial charge on any atom is 0.492 e. The van der Waals surface area contributed by atoms with Crippen LogP contribution in [0.4, 0.5) is 0 Å². The highest BCUT2D eigenvalue weighted by Crippen LogP contribution is 2.69. The molecule has 4 aliphatic rings. The lowest BCUT2D eigenvalue weighted by Gasteiger charge is -2.63. The molecule has 2 heterocycles. The molecule has 0 spiro atoms. The number of nitrogens with zero attached hydrogens (tertiary/aromatic N) is 1. The van der Waals surface area contributed by atoms with Crippen LogP contribution in [-0.4, -0.2) is 51.3 Å². The number of carbonyl (C=O) groups is 2. The number of hydrogen-bond donors (Lipinski definition) is 3. The van der Waals surface area contributed by atoms with Gasteiger partial charge in [0, 0.05) is 35.9 Å².